The molecule has 0 aliphatic carbocycles. The Kier molecular flexibility index (Phi) is 3.74. The van der Waals surface area contributed by atoms with Crippen molar-refractivity contribution in [1.82, 2.24) is 9.97 Å². The van der Waals surface area contributed by atoms with Crippen molar-refractivity contribution in [3.05, 3.63) is 78.1 Å². The van der Waals surface area contributed by atoms with E-state index >= 15 is 0 Å². The first-order valence-corrected chi connectivity index (χ1v) is 7.88. The molecule has 0 bridgehead atoms. The molecule has 0 unspecified atom stereocenters. The minimum absolute atomic E-state index is 0.184. The van der Waals surface area contributed by atoms with Crippen molar-refractivity contribution in [3.8, 4) is 11.5 Å². The highest BCUT2D eigenvalue weighted by Crippen LogP contribution is 2.24. The quantitative estimate of drug-likeness (QED) is 0.603. The zero-order valence-electron chi connectivity index (χ0n) is 13.6. The lowest BCUT2D eigenvalue weighted by Gasteiger charge is -2.05. The maximum atomic E-state index is 12.4. The molecular formula is C20H15N3O2. The van der Waals surface area contributed by atoms with Crippen LogP contribution in [0.3, 0.4) is 0 Å². The normalized spacial score (nSPS) is 10.8. The average molecular weight is 329 g/mol. The maximum absolute atomic E-state index is 12.4. The third-order valence-corrected chi connectivity index (χ3v) is 3.87. The molecule has 122 valence electrons. The van der Waals surface area contributed by atoms with Gasteiger partial charge in [0.2, 0.25) is 5.89 Å². The summed E-state index contributed by atoms with van der Waals surface area (Å²) < 4.78 is 5.74. The predicted molar refractivity (Wildman–Crippen MR) is 96.4 cm³/mol. The number of fused-ring (bicyclic) bond motifs is 1. The molecule has 0 aliphatic heterocycles. The Morgan fingerprint density at radius 3 is 2.68 bits per heavy atom. The molecule has 0 saturated heterocycles. The van der Waals surface area contributed by atoms with Gasteiger partial charge in [-0.2, -0.15) is 0 Å². The molecule has 2 heterocycles. The number of nitrogens with one attached hydrogen (secondary N) is 1. The van der Waals surface area contributed by atoms with E-state index in [4.69, 9.17) is 4.42 Å². The topological polar surface area (TPSA) is 68.0 Å². The van der Waals surface area contributed by atoms with Crippen molar-refractivity contribution >= 4 is 22.7 Å². The fourth-order valence-electron chi connectivity index (χ4n) is 2.52. The van der Waals surface area contributed by atoms with Crippen LogP contribution in [0.15, 0.2) is 71.4 Å². The number of benzene rings is 2. The van der Waals surface area contributed by atoms with Gasteiger partial charge in [0.25, 0.3) is 5.91 Å². The largest absolute Gasteiger partial charge is 0.436 e. The van der Waals surface area contributed by atoms with Gasteiger partial charge < -0.3 is 9.73 Å². The van der Waals surface area contributed by atoms with Gasteiger partial charge in [-0.25, -0.2) is 4.98 Å². The molecule has 5 nitrogen and oxygen atoms in total. The fraction of sp³-hybridized carbons (Fsp3) is 0.0500. The average Bonchev–Trinajstić information content (AvgIpc) is 3.07. The summed E-state index contributed by atoms with van der Waals surface area (Å²) in [5, 5.41) is 2.88. The van der Waals surface area contributed by atoms with Gasteiger partial charge in [-0.1, -0.05) is 17.7 Å². The Balaban J connectivity index is 1.62. The van der Waals surface area contributed by atoms with E-state index in [9.17, 15) is 4.79 Å². The van der Waals surface area contributed by atoms with Crippen LogP contribution in [0, 0.1) is 6.92 Å². The molecule has 2 aromatic heterocycles. The number of aryl methyl sites for hydroxylation is 1. The standard InChI is InChI=1S/C20H15N3O2/c1-13-4-7-16(8-5-13)22-19(24)14-6-9-18-17(11-14)23-20(25-18)15-3-2-10-21-12-15/h2-12H,1H3,(H,22,24). The number of hydrogen-bond donors (Lipinski definition) is 1. The summed E-state index contributed by atoms with van der Waals surface area (Å²) in [6.45, 7) is 2.00. The molecule has 2 aromatic carbocycles. The van der Waals surface area contributed by atoms with E-state index < -0.39 is 0 Å². The number of pyridine rings is 1. The van der Waals surface area contributed by atoms with Gasteiger partial charge in [-0.15, -0.1) is 0 Å². The number of amides is 1. The fourth-order valence-corrected chi connectivity index (χ4v) is 2.52. The molecule has 0 radical (unpaired) electrons. The van der Waals surface area contributed by atoms with E-state index in [0.29, 0.717) is 22.6 Å². The number of rotatable bonds is 3. The summed E-state index contributed by atoms with van der Waals surface area (Å²) in [6, 6.07) is 16.6. The lowest BCUT2D eigenvalue weighted by Crippen LogP contribution is -2.11. The third-order valence-electron chi connectivity index (χ3n) is 3.87. The number of anilines is 1. The Hall–Kier alpha value is -3.47. The van der Waals surface area contributed by atoms with Crippen LogP contribution in [-0.4, -0.2) is 15.9 Å². The van der Waals surface area contributed by atoms with E-state index in [1.54, 1.807) is 30.6 Å². The molecule has 1 N–H and O–H groups in total. The van der Waals surface area contributed by atoms with Gasteiger partial charge in [-0.3, -0.25) is 9.78 Å². The second kappa shape index (κ2) is 6.20. The van der Waals surface area contributed by atoms with Crippen LogP contribution in [0.2, 0.25) is 0 Å². The number of nitrogens with zero attached hydrogens (tertiary/aromatic N) is 2. The lowest BCUT2D eigenvalue weighted by atomic mass is 10.2. The number of aromatic nitrogens is 2. The van der Waals surface area contributed by atoms with Gasteiger partial charge in [0.1, 0.15) is 5.52 Å². The van der Waals surface area contributed by atoms with Crippen LogP contribution in [0.4, 0.5) is 5.69 Å². The highest BCUT2D eigenvalue weighted by Gasteiger charge is 2.12. The molecule has 4 aromatic rings. The smallest absolute Gasteiger partial charge is 0.255 e. The van der Waals surface area contributed by atoms with E-state index in [-0.39, 0.29) is 5.91 Å². The van der Waals surface area contributed by atoms with Gasteiger partial charge in [0, 0.05) is 23.6 Å². The SMILES string of the molecule is Cc1ccc(NC(=O)c2ccc3oc(-c4cccnc4)nc3c2)cc1. The molecule has 25 heavy (non-hydrogen) atoms. The monoisotopic (exact) mass is 329 g/mol. The molecule has 0 aliphatic rings. The van der Waals surface area contributed by atoms with Gasteiger partial charge >= 0.3 is 0 Å². The second-order valence-corrected chi connectivity index (χ2v) is 5.76. The minimum Gasteiger partial charge on any atom is -0.436 e. The summed E-state index contributed by atoms with van der Waals surface area (Å²) in [4.78, 5) is 21.0. The predicted octanol–water partition coefficient (Wildman–Crippen LogP) is 4.45. The first-order chi connectivity index (χ1) is 12.2. The number of carbonyl (C=O) groups excluding carboxylic acids is 1. The van der Waals surface area contributed by atoms with Gasteiger partial charge in [-0.05, 0) is 49.4 Å². The Bertz CT molecular complexity index is 1040. The van der Waals surface area contributed by atoms with E-state index in [0.717, 1.165) is 16.8 Å². The molecular weight excluding hydrogens is 314 g/mol. The molecule has 4 rings (SSSR count). The highest BCUT2D eigenvalue weighted by atomic mass is 16.3. The van der Waals surface area contributed by atoms with Crippen molar-refractivity contribution in [2.75, 3.05) is 5.32 Å². The van der Waals surface area contributed by atoms with Crippen molar-refractivity contribution in [1.29, 1.82) is 0 Å². The Morgan fingerprint density at radius 2 is 1.92 bits per heavy atom. The zero-order chi connectivity index (χ0) is 17.2. The third kappa shape index (κ3) is 3.12. The first-order valence-electron chi connectivity index (χ1n) is 7.88. The van der Waals surface area contributed by atoms with Gasteiger partial charge in [0.05, 0.1) is 5.56 Å². The Labute approximate surface area is 144 Å². The van der Waals surface area contributed by atoms with Crippen LogP contribution < -0.4 is 5.32 Å². The Morgan fingerprint density at radius 1 is 1.08 bits per heavy atom. The first kappa shape index (κ1) is 15.1. The van der Waals surface area contributed by atoms with Crippen LogP contribution in [-0.2, 0) is 0 Å². The molecule has 0 atom stereocenters. The van der Waals surface area contributed by atoms with Crippen molar-refractivity contribution in [2.45, 2.75) is 6.92 Å². The minimum atomic E-state index is -0.184. The molecule has 0 spiro atoms. The highest BCUT2D eigenvalue weighted by molar-refractivity contribution is 6.05. The van der Waals surface area contributed by atoms with E-state index in [1.807, 2.05) is 43.3 Å². The van der Waals surface area contributed by atoms with Crippen LogP contribution in [0.25, 0.3) is 22.6 Å². The van der Waals surface area contributed by atoms with E-state index in [1.165, 1.54) is 0 Å². The van der Waals surface area contributed by atoms with Crippen molar-refractivity contribution in [2.24, 2.45) is 0 Å². The summed E-state index contributed by atoms with van der Waals surface area (Å²) in [6.07, 6.45) is 3.38. The molecule has 0 saturated carbocycles. The summed E-state index contributed by atoms with van der Waals surface area (Å²) in [5.74, 6) is 0.302. The number of hydrogen-bond acceptors (Lipinski definition) is 4. The summed E-state index contributed by atoms with van der Waals surface area (Å²) in [5.41, 5.74) is 4.49. The lowest BCUT2D eigenvalue weighted by molar-refractivity contribution is 0.102. The molecule has 0 fully saturated rings. The summed E-state index contributed by atoms with van der Waals surface area (Å²) >= 11 is 0. The van der Waals surface area contributed by atoms with Crippen molar-refractivity contribution < 1.29 is 9.21 Å². The van der Waals surface area contributed by atoms with Crippen LogP contribution in [0.5, 0.6) is 0 Å². The van der Waals surface area contributed by atoms with Gasteiger partial charge in [0.15, 0.2) is 5.58 Å². The molecule has 1 amide bonds. The maximum Gasteiger partial charge on any atom is 0.255 e. The summed E-state index contributed by atoms with van der Waals surface area (Å²) in [7, 11) is 0. The van der Waals surface area contributed by atoms with Crippen LogP contribution in [0.1, 0.15) is 15.9 Å². The molecule has 5 heteroatoms. The zero-order valence-corrected chi connectivity index (χ0v) is 13.6. The number of oxazole rings is 1. The second-order valence-electron chi connectivity index (χ2n) is 5.76. The van der Waals surface area contributed by atoms with E-state index in [2.05, 4.69) is 15.3 Å². The number of carbonyl (C=O) groups is 1. The van der Waals surface area contributed by atoms with Crippen molar-refractivity contribution in [3.63, 3.8) is 0 Å². The van der Waals surface area contributed by atoms with Crippen LogP contribution >= 0.6 is 0 Å².